The number of aliphatic imine (C=N–C) groups is 3. The van der Waals surface area contributed by atoms with Crippen molar-refractivity contribution < 1.29 is 14.0 Å². The Kier molecular flexibility index (Phi) is 10.2. The molecule has 1 N–H and O–H groups in total. The molecule has 0 saturated heterocycles. The third kappa shape index (κ3) is 8.25. The van der Waals surface area contributed by atoms with E-state index in [0.29, 0.717) is 22.9 Å². The number of amidine groups is 1. The van der Waals surface area contributed by atoms with E-state index in [1.807, 2.05) is 6.92 Å². The minimum absolute atomic E-state index is 0.0166. The molecule has 0 saturated carbocycles. The molecule has 8 heteroatoms. The number of hydrogen-bond acceptors (Lipinski definition) is 4. The summed E-state index contributed by atoms with van der Waals surface area (Å²) < 4.78 is 14.3. The number of nitrogens with zero attached hydrogens (tertiary/aromatic N) is 3. The second kappa shape index (κ2) is 12.1. The lowest BCUT2D eigenvalue weighted by Gasteiger charge is -2.07. The quantitative estimate of drug-likeness (QED) is 0.537. The molecular formula is C19H25FN4O2S. The van der Waals surface area contributed by atoms with Gasteiger partial charge >= 0.3 is 6.03 Å². The van der Waals surface area contributed by atoms with Crippen LogP contribution in [-0.2, 0) is 4.79 Å². The highest BCUT2D eigenvalue weighted by molar-refractivity contribution is 8.14. The molecule has 0 aliphatic rings. The van der Waals surface area contributed by atoms with E-state index in [0.717, 1.165) is 12.8 Å². The van der Waals surface area contributed by atoms with Gasteiger partial charge in [0, 0.05) is 25.2 Å². The number of urea groups is 1. The van der Waals surface area contributed by atoms with Gasteiger partial charge in [0.2, 0.25) is 0 Å². The summed E-state index contributed by atoms with van der Waals surface area (Å²) in [4.78, 5) is 35.3. The van der Waals surface area contributed by atoms with E-state index in [4.69, 9.17) is 0 Å². The fourth-order valence-corrected chi connectivity index (χ4v) is 2.62. The van der Waals surface area contributed by atoms with Crippen LogP contribution in [0.25, 0.3) is 0 Å². The van der Waals surface area contributed by atoms with Gasteiger partial charge < -0.3 is 5.32 Å². The SMILES string of the molecule is CCC/C=N\C(=N/C)c1ccc(NC(=O)/N=C(/C)SCC(=O)CC)c(F)c1. The first-order valence-corrected chi connectivity index (χ1v) is 9.69. The van der Waals surface area contributed by atoms with Crippen LogP contribution in [-0.4, -0.2) is 41.7 Å². The average Bonchev–Trinajstić information content (AvgIpc) is 2.65. The van der Waals surface area contributed by atoms with E-state index < -0.39 is 11.8 Å². The summed E-state index contributed by atoms with van der Waals surface area (Å²) in [5.41, 5.74) is 0.539. The summed E-state index contributed by atoms with van der Waals surface area (Å²) in [5.74, 6) is 0.159. The highest BCUT2D eigenvalue weighted by Crippen LogP contribution is 2.17. The lowest BCUT2D eigenvalue weighted by Crippen LogP contribution is -2.11. The summed E-state index contributed by atoms with van der Waals surface area (Å²) in [5, 5.41) is 2.84. The summed E-state index contributed by atoms with van der Waals surface area (Å²) in [6.07, 6.45) is 3.96. The normalized spacial score (nSPS) is 12.5. The van der Waals surface area contributed by atoms with E-state index in [-0.39, 0.29) is 17.2 Å². The lowest BCUT2D eigenvalue weighted by atomic mass is 10.1. The largest absolute Gasteiger partial charge is 0.346 e. The Morgan fingerprint density at radius 2 is 2.04 bits per heavy atom. The van der Waals surface area contributed by atoms with Gasteiger partial charge in [0.15, 0.2) is 5.84 Å². The number of amides is 2. The van der Waals surface area contributed by atoms with Gasteiger partial charge in [-0.05, 0) is 31.5 Å². The second-order valence-electron chi connectivity index (χ2n) is 5.58. The van der Waals surface area contributed by atoms with Crippen molar-refractivity contribution >= 4 is 46.4 Å². The van der Waals surface area contributed by atoms with Crippen molar-refractivity contribution in [1.82, 2.24) is 0 Å². The average molecular weight is 393 g/mol. The van der Waals surface area contributed by atoms with E-state index in [1.165, 1.54) is 23.9 Å². The minimum Gasteiger partial charge on any atom is -0.303 e. The molecule has 0 aliphatic heterocycles. The van der Waals surface area contributed by atoms with Crippen molar-refractivity contribution in [3.63, 3.8) is 0 Å². The maximum absolute atomic E-state index is 14.3. The van der Waals surface area contributed by atoms with Crippen LogP contribution in [0.1, 0.15) is 45.6 Å². The second-order valence-corrected chi connectivity index (χ2v) is 6.75. The highest BCUT2D eigenvalue weighted by Gasteiger charge is 2.10. The maximum Gasteiger partial charge on any atom is 0.346 e. The number of halogens is 1. The van der Waals surface area contributed by atoms with Gasteiger partial charge in [-0.1, -0.05) is 20.3 Å². The predicted octanol–water partition coefficient (Wildman–Crippen LogP) is 4.74. The molecule has 0 unspecified atom stereocenters. The minimum atomic E-state index is -0.694. The molecule has 1 aromatic carbocycles. The first-order chi connectivity index (χ1) is 12.9. The number of ketones is 1. The standard InChI is InChI=1S/C19H25FN4O2S/c1-5-7-10-22-18(21-4)14-8-9-17(16(20)11-14)24-19(26)23-13(3)27-12-15(25)6-2/h8-11H,5-7,12H2,1-4H3,(H,24,26)/b21-18-,22-10-,23-13-. The van der Waals surface area contributed by atoms with Crippen molar-refractivity contribution in [2.45, 2.75) is 40.0 Å². The Hall–Kier alpha value is -2.35. The number of anilines is 1. The van der Waals surface area contributed by atoms with Gasteiger partial charge in [-0.25, -0.2) is 14.2 Å². The molecule has 27 heavy (non-hydrogen) atoms. The molecule has 0 atom stereocenters. The topological polar surface area (TPSA) is 83.2 Å². The monoisotopic (exact) mass is 392 g/mol. The van der Waals surface area contributed by atoms with Crippen LogP contribution in [0.15, 0.2) is 33.2 Å². The summed E-state index contributed by atoms with van der Waals surface area (Å²) in [6, 6.07) is 3.66. The molecule has 0 bridgehead atoms. The van der Waals surface area contributed by atoms with Gasteiger partial charge in [0.1, 0.15) is 11.6 Å². The zero-order chi connectivity index (χ0) is 20.2. The molecule has 0 fully saturated rings. The van der Waals surface area contributed by atoms with E-state index in [1.54, 1.807) is 33.2 Å². The molecule has 1 rings (SSSR count). The van der Waals surface area contributed by atoms with Crippen molar-refractivity contribution in [3.05, 3.63) is 29.6 Å². The van der Waals surface area contributed by atoms with Crippen LogP contribution in [0.4, 0.5) is 14.9 Å². The Labute approximate surface area is 163 Å². The zero-order valence-corrected chi connectivity index (χ0v) is 16.9. The molecule has 0 spiro atoms. The summed E-state index contributed by atoms with van der Waals surface area (Å²) in [6.45, 7) is 5.44. The highest BCUT2D eigenvalue weighted by atomic mass is 32.2. The number of Topliss-reactive ketones (excluding diaryl/α,β-unsaturated/α-hetero) is 1. The van der Waals surface area contributed by atoms with Crippen molar-refractivity contribution in [2.24, 2.45) is 15.0 Å². The van der Waals surface area contributed by atoms with E-state index in [2.05, 4.69) is 20.3 Å². The maximum atomic E-state index is 14.3. The molecule has 0 aromatic heterocycles. The number of nitrogens with one attached hydrogen (secondary N) is 1. The third-order valence-corrected chi connectivity index (χ3v) is 4.38. The van der Waals surface area contributed by atoms with Crippen LogP contribution < -0.4 is 5.32 Å². The van der Waals surface area contributed by atoms with Gasteiger partial charge in [-0.15, -0.1) is 11.8 Å². The van der Waals surface area contributed by atoms with Crippen LogP contribution in [0.5, 0.6) is 0 Å². The van der Waals surface area contributed by atoms with Crippen molar-refractivity contribution in [1.29, 1.82) is 0 Å². The van der Waals surface area contributed by atoms with Gasteiger partial charge in [0.25, 0.3) is 0 Å². The van der Waals surface area contributed by atoms with Gasteiger partial charge in [0.05, 0.1) is 16.5 Å². The summed E-state index contributed by atoms with van der Waals surface area (Å²) >= 11 is 1.19. The lowest BCUT2D eigenvalue weighted by molar-refractivity contribution is -0.116. The zero-order valence-electron chi connectivity index (χ0n) is 16.1. The van der Waals surface area contributed by atoms with Crippen LogP contribution in [0.3, 0.4) is 0 Å². The fraction of sp³-hybridized carbons (Fsp3) is 0.421. The van der Waals surface area contributed by atoms with Crippen LogP contribution in [0, 0.1) is 5.82 Å². The Balaban J connectivity index is 2.79. The van der Waals surface area contributed by atoms with Crippen LogP contribution in [0.2, 0.25) is 0 Å². The number of rotatable bonds is 7. The Bertz CT molecular complexity index is 760. The van der Waals surface area contributed by atoms with Crippen molar-refractivity contribution in [2.75, 3.05) is 18.1 Å². The number of hydrogen-bond donors (Lipinski definition) is 1. The number of benzene rings is 1. The first kappa shape index (κ1) is 22.7. The number of thioether (sulfide) groups is 1. The number of carbonyl (C=O) groups is 2. The van der Waals surface area contributed by atoms with E-state index in [9.17, 15) is 14.0 Å². The first-order valence-electron chi connectivity index (χ1n) is 8.71. The fourth-order valence-electron chi connectivity index (χ4n) is 1.90. The van der Waals surface area contributed by atoms with Crippen molar-refractivity contribution in [3.8, 4) is 0 Å². The van der Waals surface area contributed by atoms with Gasteiger partial charge in [-0.2, -0.15) is 4.99 Å². The molecule has 0 radical (unpaired) electrons. The third-order valence-electron chi connectivity index (χ3n) is 3.41. The number of carbonyl (C=O) groups excluding carboxylic acids is 2. The predicted molar refractivity (Wildman–Crippen MR) is 112 cm³/mol. The molecule has 2 amide bonds. The Morgan fingerprint density at radius 3 is 2.63 bits per heavy atom. The number of unbranched alkanes of at least 4 members (excludes halogenated alkanes) is 1. The molecular weight excluding hydrogens is 367 g/mol. The molecule has 0 aliphatic carbocycles. The van der Waals surface area contributed by atoms with Gasteiger partial charge in [-0.3, -0.25) is 9.79 Å². The molecule has 146 valence electrons. The molecule has 6 nitrogen and oxygen atoms in total. The van der Waals surface area contributed by atoms with E-state index >= 15 is 0 Å². The molecule has 1 aromatic rings. The molecule has 0 heterocycles. The van der Waals surface area contributed by atoms with Crippen LogP contribution >= 0.6 is 11.8 Å². The summed E-state index contributed by atoms with van der Waals surface area (Å²) in [7, 11) is 1.59. The Morgan fingerprint density at radius 1 is 1.30 bits per heavy atom. The smallest absolute Gasteiger partial charge is 0.303 e.